The van der Waals surface area contributed by atoms with Crippen molar-refractivity contribution in [2.45, 2.75) is 51.0 Å². The average molecular weight is 313 g/mol. The van der Waals surface area contributed by atoms with Gasteiger partial charge in [-0.1, -0.05) is 32.4 Å². The normalized spacial score (nSPS) is 13.3. The summed E-state index contributed by atoms with van der Waals surface area (Å²) in [7, 11) is -3.81. The van der Waals surface area contributed by atoms with Gasteiger partial charge in [0.1, 0.15) is 0 Å². The molecule has 1 unspecified atom stereocenters. The lowest BCUT2D eigenvalue weighted by Crippen LogP contribution is -2.39. The van der Waals surface area contributed by atoms with Crippen LogP contribution in [-0.2, 0) is 10.0 Å². The summed E-state index contributed by atoms with van der Waals surface area (Å²) in [5, 5.41) is 9.20. The third-order valence-electron chi connectivity index (χ3n) is 3.52. The van der Waals surface area contributed by atoms with Crippen LogP contribution in [0.3, 0.4) is 0 Å². The number of hydrogen-bond donors (Lipinski definition) is 1. The maximum atomic E-state index is 12.8. The SMILES string of the molecule is CCCCN(C(C)CC)S(=O)(=O)c1ccccc1C(=O)O. The second-order valence-corrected chi connectivity index (χ2v) is 6.89. The number of unbranched alkanes of at least 4 members (excludes halogenated alkanes) is 1. The summed E-state index contributed by atoms with van der Waals surface area (Å²) >= 11 is 0. The van der Waals surface area contributed by atoms with Crippen molar-refractivity contribution in [2.75, 3.05) is 6.54 Å². The van der Waals surface area contributed by atoms with E-state index in [0.717, 1.165) is 12.8 Å². The third kappa shape index (κ3) is 4.04. The van der Waals surface area contributed by atoms with Crippen LogP contribution in [0.15, 0.2) is 29.2 Å². The molecule has 118 valence electrons. The summed E-state index contributed by atoms with van der Waals surface area (Å²) in [6.45, 7) is 6.16. The van der Waals surface area contributed by atoms with Gasteiger partial charge in [-0.05, 0) is 31.9 Å². The van der Waals surface area contributed by atoms with E-state index in [1.165, 1.54) is 22.5 Å². The first-order chi connectivity index (χ1) is 9.86. The molecule has 0 saturated carbocycles. The molecule has 1 rings (SSSR count). The lowest BCUT2D eigenvalue weighted by Gasteiger charge is -2.28. The van der Waals surface area contributed by atoms with Crippen LogP contribution in [-0.4, -0.2) is 36.4 Å². The van der Waals surface area contributed by atoms with Crippen LogP contribution in [0.1, 0.15) is 50.4 Å². The molecule has 0 amide bonds. The van der Waals surface area contributed by atoms with Gasteiger partial charge in [-0.15, -0.1) is 0 Å². The molecule has 6 heteroatoms. The number of nitrogens with zero attached hydrogens (tertiary/aromatic N) is 1. The van der Waals surface area contributed by atoms with E-state index in [1.807, 2.05) is 20.8 Å². The van der Waals surface area contributed by atoms with Crippen molar-refractivity contribution in [2.24, 2.45) is 0 Å². The third-order valence-corrected chi connectivity index (χ3v) is 5.59. The predicted octanol–water partition coefficient (Wildman–Crippen LogP) is 2.97. The highest BCUT2D eigenvalue weighted by molar-refractivity contribution is 7.89. The molecule has 1 atom stereocenters. The molecule has 0 heterocycles. The monoisotopic (exact) mass is 313 g/mol. The second-order valence-electron chi connectivity index (χ2n) is 5.03. The molecule has 0 saturated heterocycles. The van der Waals surface area contributed by atoms with Crippen molar-refractivity contribution in [3.8, 4) is 0 Å². The van der Waals surface area contributed by atoms with E-state index in [1.54, 1.807) is 6.07 Å². The Morgan fingerprint density at radius 2 is 1.90 bits per heavy atom. The Balaban J connectivity index is 3.32. The van der Waals surface area contributed by atoms with Gasteiger partial charge in [0, 0.05) is 12.6 Å². The minimum Gasteiger partial charge on any atom is -0.478 e. The number of rotatable bonds is 8. The van der Waals surface area contributed by atoms with Crippen molar-refractivity contribution >= 4 is 16.0 Å². The predicted molar refractivity (Wildman–Crippen MR) is 82.0 cm³/mol. The van der Waals surface area contributed by atoms with Crippen molar-refractivity contribution in [1.29, 1.82) is 0 Å². The number of benzene rings is 1. The lowest BCUT2D eigenvalue weighted by atomic mass is 10.2. The molecule has 0 aliphatic carbocycles. The number of carboxylic acids is 1. The second kappa shape index (κ2) is 7.56. The van der Waals surface area contributed by atoms with Crippen LogP contribution in [0, 0.1) is 0 Å². The van der Waals surface area contributed by atoms with Gasteiger partial charge >= 0.3 is 5.97 Å². The summed E-state index contributed by atoms with van der Waals surface area (Å²) < 4.78 is 27.1. The zero-order valence-corrected chi connectivity index (χ0v) is 13.6. The fourth-order valence-corrected chi connectivity index (χ4v) is 4.02. The van der Waals surface area contributed by atoms with Gasteiger partial charge in [-0.25, -0.2) is 13.2 Å². The fourth-order valence-electron chi connectivity index (χ4n) is 2.09. The van der Waals surface area contributed by atoms with Gasteiger partial charge in [-0.2, -0.15) is 4.31 Å². The first-order valence-corrected chi connectivity index (χ1v) is 8.64. The molecular weight excluding hydrogens is 290 g/mol. The van der Waals surface area contributed by atoms with E-state index in [2.05, 4.69) is 0 Å². The molecule has 1 aromatic carbocycles. The summed E-state index contributed by atoms with van der Waals surface area (Å²) in [5.41, 5.74) is -0.178. The molecular formula is C15H23NO4S. The van der Waals surface area contributed by atoms with Crippen LogP contribution in [0.2, 0.25) is 0 Å². The molecule has 0 aromatic heterocycles. The Bertz CT molecular complexity index is 583. The molecule has 1 N–H and O–H groups in total. The van der Waals surface area contributed by atoms with Gasteiger partial charge in [-0.3, -0.25) is 0 Å². The van der Waals surface area contributed by atoms with Crippen LogP contribution >= 0.6 is 0 Å². The van der Waals surface area contributed by atoms with E-state index >= 15 is 0 Å². The number of sulfonamides is 1. The standard InChI is InChI=1S/C15H23NO4S/c1-4-6-11-16(12(3)5-2)21(19,20)14-10-8-7-9-13(14)15(17)18/h7-10,12H,4-6,11H2,1-3H3,(H,17,18). The Morgan fingerprint density at radius 3 is 2.43 bits per heavy atom. The zero-order valence-electron chi connectivity index (χ0n) is 12.7. The van der Waals surface area contributed by atoms with E-state index in [9.17, 15) is 18.3 Å². The van der Waals surface area contributed by atoms with Gasteiger partial charge < -0.3 is 5.11 Å². The van der Waals surface area contributed by atoms with Gasteiger partial charge in [0.25, 0.3) is 0 Å². The van der Waals surface area contributed by atoms with Crippen molar-refractivity contribution in [3.05, 3.63) is 29.8 Å². The van der Waals surface area contributed by atoms with E-state index in [4.69, 9.17) is 0 Å². The topological polar surface area (TPSA) is 74.7 Å². The number of carboxylic acid groups (broad SMARTS) is 1. The molecule has 0 aliphatic heterocycles. The smallest absolute Gasteiger partial charge is 0.337 e. The number of carbonyl (C=O) groups is 1. The zero-order chi connectivity index (χ0) is 16.0. The van der Waals surface area contributed by atoms with Crippen molar-refractivity contribution < 1.29 is 18.3 Å². The maximum Gasteiger partial charge on any atom is 0.337 e. The minimum absolute atomic E-state index is 0.131. The fraction of sp³-hybridized carbons (Fsp3) is 0.533. The molecule has 0 radical (unpaired) electrons. The highest BCUT2D eigenvalue weighted by Crippen LogP contribution is 2.23. The van der Waals surface area contributed by atoms with Crippen LogP contribution in [0.5, 0.6) is 0 Å². The Kier molecular flexibility index (Phi) is 6.36. The lowest BCUT2D eigenvalue weighted by molar-refractivity contribution is 0.0692. The quantitative estimate of drug-likeness (QED) is 0.800. The van der Waals surface area contributed by atoms with Crippen LogP contribution in [0.4, 0.5) is 0 Å². The molecule has 5 nitrogen and oxygen atoms in total. The molecule has 0 fully saturated rings. The maximum absolute atomic E-state index is 12.8. The summed E-state index contributed by atoms with van der Waals surface area (Å²) in [4.78, 5) is 11.1. The highest BCUT2D eigenvalue weighted by atomic mass is 32.2. The van der Waals surface area contributed by atoms with Gasteiger partial charge in [0.15, 0.2) is 0 Å². The summed E-state index contributed by atoms with van der Waals surface area (Å²) in [6, 6.07) is 5.60. The van der Waals surface area contributed by atoms with E-state index in [0.29, 0.717) is 13.0 Å². The van der Waals surface area contributed by atoms with Crippen LogP contribution < -0.4 is 0 Å². The molecule has 0 bridgehead atoms. The Labute approximate surface area is 126 Å². The van der Waals surface area contributed by atoms with E-state index in [-0.39, 0.29) is 16.5 Å². The largest absolute Gasteiger partial charge is 0.478 e. The highest BCUT2D eigenvalue weighted by Gasteiger charge is 2.31. The minimum atomic E-state index is -3.81. The van der Waals surface area contributed by atoms with Crippen LogP contribution in [0.25, 0.3) is 0 Å². The molecule has 1 aromatic rings. The Morgan fingerprint density at radius 1 is 1.29 bits per heavy atom. The first kappa shape index (κ1) is 17.7. The molecule has 0 spiro atoms. The average Bonchev–Trinajstić information content (AvgIpc) is 2.47. The summed E-state index contributed by atoms with van der Waals surface area (Å²) in [6.07, 6.45) is 2.31. The number of hydrogen-bond acceptors (Lipinski definition) is 3. The Hall–Kier alpha value is -1.40. The van der Waals surface area contributed by atoms with Gasteiger partial charge in [0.05, 0.1) is 10.5 Å². The summed E-state index contributed by atoms with van der Waals surface area (Å²) in [5.74, 6) is -1.23. The first-order valence-electron chi connectivity index (χ1n) is 7.20. The molecule has 0 aliphatic rings. The van der Waals surface area contributed by atoms with Gasteiger partial charge in [0.2, 0.25) is 10.0 Å². The molecule has 21 heavy (non-hydrogen) atoms. The van der Waals surface area contributed by atoms with E-state index < -0.39 is 16.0 Å². The van der Waals surface area contributed by atoms with Crippen molar-refractivity contribution in [1.82, 2.24) is 4.31 Å². The van der Waals surface area contributed by atoms with Crippen molar-refractivity contribution in [3.63, 3.8) is 0 Å². The number of aromatic carboxylic acids is 1.